The number of halogens is 3. The Morgan fingerprint density at radius 2 is 1.54 bits per heavy atom. The van der Waals surface area contributed by atoms with Crippen LogP contribution >= 0.6 is 0 Å². The maximum absolute atomic E-state index is 13.5. The van der Waals surface area contributed by atoms with Crippen LogP contribution in [0.25, 0.3) is 5.76 Å². The van der Waals surface area contributed by atoms with Crippen LogP contribution in [0.2, 0.25) is 0 Å². The summed E-state index contributed by atoms with van der Waals surface area (Å²) in [6.45, 7) is 0. The average molecular weight is 513 g/mol. The Kier molecular flexibility index (Phi) is 6.84. The average Bonchev–Trinajstić information content (AvgIpc) is 3.17. The Hall–Kier alpha value is -4.47. The molecular formula is C27H22F3NO6. The van der Waals surface area contributed by atoms with Gasteiger partial charge in [0.25, 0.3) is 11.7 Å². The predicted octanol–water partition coefficient (Wildman–Crippen LogP) is 5.36. The lowest BCUT2D eigenvalue weighted by Crippen LogP contribution is -2.29. The number of amides is 1. The third kappa shape index (κ3) is 4.69. The molecule has 4 rings (SSSR count). The summed E-state index contributed by atoms with van der Waals surface area (Å²) in [7, 11) is 4.28. The first-order chi connectivity index (χ1) is 17.6. The number of anilines is 1. The molecule has 1 aliphatic rings. The molecule has 3 aromatic carbocycles. The fourth-order valence-electron chi connectivity index (χ4n) is 4.17. The van der Waals surface area contributed by atoms with Crippen molar-refractivity contribution in [2.45, 2.75) is 12.2 Å². The highest BCUT2D eigenvalue weighted by Gasteiger charge is 2.47. The van der Waals surface area contributed by atoms with Gasteiger partial charge in [-0.1, -0.05) is 12.1 Å². The number of carbonyl (C=O) groups is 2. The van der Waals surface area contributed by atoms with Gasteiger partial charge in [0.05, 0.1) is 38.5 Å². The Morgan fingerprint density at radius 1 is 0.865 bits per heavy atom. The lowest BCUT2D eigenvalue weighted by molar-refractivity contribution is -0.137. The molecule has 192 valence electrons. The SMILES string of the molecule is COc1ccc(C(O)=C2C(=O)C(=O)N(c3cccc(C(F)(F)F)c3)[C@H]2c2ccc(OC)c(OC)c2)cc1. The summed E-state index contributed by atoms with van der Waals surface area (Å²) in [4.78, 5) is 27.4. The summed E-state index contributed by atoms with van der Waals surface area (Å²) in [5.41, 5.74) is -0.920. The van der Waals surface area contributed by atoms with Crippen molar-refractivity contribution < 1.29 is 42.1 Å². The largest absolute Gasteiger partial charge is 0.507 e. The summed E-state index contributed by atoms with van der Waals surface area (Å²) < 4.78 is 56.1. The molecule has 1 amide bonds. The van der Waals surface area contributed by atoms with E-state index in [1.165, 1.54) is 51.7 Å². The van der Waals surface area contributed by atoms with Gasteiger partial charge in [-0.3, -0.25) is 14.5 Å². The van der Waals surface area contributed by atoms with Gasteiger partial charge >= 0.3 is 6.18 Å². The number of methoxy groups -OCH3 is 3. The standard InChI is InChI=1S/C27H22F3NO6/c1-35-19-10-7-15(8-11-19)24(32)22-23(16-9-12-20(36-2)21(13-16)37-3)31(26(34)25(22)33)18-6-4-5-17(14-18)27(28,29)30/h4-14,23,32H,1-3H3/t23-/m0/s1. The number of hydrogen-bond acceptors (Lipinski definition) is 6. The second-order valence-corrected chi connectivity index (χ2v) is 8.06. The van der Waals surface area contributed by atoms with Crippen molar-refractivity contribution >= 4 is 23.1 Å². The minimum atomic E-state index is -4.68. The third-order valence-corrected chi connectivity index (χ3v) is 5.98. The number of rotatable bonds is 6. The fraction of sp³-hybridized carbons (Fsp3) is 0.185. The van der Waals surface area contributed by atoms with Gasteiger partial charge in [0.2, 0.25) is 0 Å². The van der Waals surface area contributed by atoms with E-state index in [0.29, 0.717) is 17.1 Å². The molecule has 0 spiro atoms. The summed E-state index contributed by atoms with van der Waals surface area (Å²) >= 11 is 0. The van der Waals surface area contributed by atoms with Crippen LogP contribution in [0.15, 0.2) is 72.3 Å². The van der Waals surface area contributed by atoms with E-state index in [1.54, 1.807) is 18.2 Å². The van der Waals surface area contributed by atoms with E-state index >= 15 is 0 Å². The van der Waals surface area contributed by atoms with Crippen molar-refractivity contribution in [2.24, 2.45) is 0 Å². The zero-order chi connectivity index (χ0) is 26.9. The molecule has 3 aromatic rings. The van der Waals surface area contributed by atoms with Gasteiger partial charge in [0.1, 0.15) is 11.5 Å². The van der Waals surface area contributed by atoms with E-state index in [2.05, 4.69) is 0 Å². The van der Waals surface area contributed by atoms with Gasteiger partial charge in [-0.25, -0.2) is 0 Å². The smallest absolute Gasteiger partial charge is 0.416 e. The van der Waals surface area contributed by atoms with Crippen LogP contribution in [0.1, 0.15) is 22.7 Å². The van der Waals surface area contributed by atoms with Crippen molar-refractivity contribution in [3.63, 3.8) is 0 Å². The molecule has 1 heterocycles. The number of ketones is 1. The number of alkyl halides is 3. The van der Waals surface area contributed by atoms with Gasteiger partial charge in [-0.15, -0.1) is 0 Å². The Morgan fingerprint density at radius 3 is 2.14 bits per heavy atom. The molecule has 0 radical (unpaired) electrons. The quantitative estimate of drug-likeness (QED) is 0.272. The van der Waals surface area contributed by atoms with Crippen molar-refractivity contribution in [3.05, 3.63) is 89.0 Å². The molecule has 0 aromatic heterocycles. The molecule has 0 bridgehead atoms. The summed E-state index contributed by atoms with van der Waals surface area (Å²) in [5, 5.41) is 11.2. The van der Waals surface area contributed by atoms with Crippen LogP contribution in [0.5, 0.6) is 17.2 Å². The second-order valence-electron chi connectivity index (χ2n) is 8.06. The van der Waals surface area contributed by atoms with Gasteiger partial charge in [0.15, 0.2) is 11.5 Å². The molecule has 1 saturated heterocycles. The highest BCUT2D eigenvalue weighted by Crippen LogP contribution is 2.45. The highest BCUT2D eigenvalue weighted by atomic mass is 19.4. The topological polar surface area (TPSA) is 85.3 Å². The van der Waals surface area contributed by atoms with Gasteiger partial charge < -0.3 is 19.3 Å². The minimum Gasteiger partial charge on any atom is -0.507 e. The van der Waals surface area contributed by atoms with E-state index in [9.17, 15) is 27.9 Å². The normalized spacial score (nSPS) is 17.1. The second kappa shape index (κ2) is 9.88. The van der Waals surface area contributed by atoms with Crippen LogP contribution < -0.4 is 19.1 Å². The summed E-state index contributed by atoms with van der Waals surface area (Å²) in [6.07, 6.45) is -4.68. The molecule has 1 atom stereocenters. The third-order valence-electron chi connectivity index (χ3n) is 5.98. The van der Waals surface area contributed by atoms with Crippen LogP contribution in [0.4, 0.5) is 18.9 Å². The number of benzene rings is 3. The summed E-state index contributed by atoms with van der Waals surface area (Å²) in [6, 6.07) is 13.5. The first kappa shape index (κ1) is 25.6. The number of nitrogens with zero attached hydrogens (tertiary/aromatic N) is 1. The minimum absolute atomic E-state index is 0.162. The van der Waals surface area contributed by atoms with E-state index in [0.717, 1.165) is 23.1 Å². The maximum atomic E-state index is 13.5. The molecule has 0 unspecified atom stereocenters. The lowest BCUT2D eigenvalue weighted by Gasteiger charge is -2.26. The number of Topliss-reactive ketones (excluding diaryl/α,β-unsaturated/α-hetero) is 1. The van der Waals surface area contributed by atoms with E-state index in [-0.39, 0.29) is 22.6 Å². The number of aliphatic hydroxyl groups is 1. The van der Waals surface area contributed by atoms with E-state index in [4.69, 9.17) is 14.2 Å². The molecular weight excluding hydrogens is 491 g/mol. The van der Waals surface area contributed by atoms with Crippen molar-refractivity contribution in [1.29, 1.82) is 0 Å². The molecule has 10 heteroatoms. The molecule has 0 aliphatic carbocycles. The van der Waals surface area contributed by atoms with Gasteiger partial charge in [-0.05, 0) is 60.2 Å². The van der Waals surface area contributed by atoms with Crippen LogP contribution in [-0.4, -0.2) is 38.1 Å². The van der Waals surface area contributed by atoms with Crippen molar-refractivity contribution in [2.75, 3.05) is 26.2 Å². The monoisotopic (exact) mass is 513 g/mol. The van der Waals surface area contributed by atoms with E-state index in [1.807, 2.05) is 0 Å². The zero-order valence-corrected chi connectivity index (χ0v) is 20.0. The molecule has 0 saturated carbocycles. The van der Waals surface area contributed by atoms with Crippen LogP contribution in [0, 0.1) is 0 Å². The molecule has 1 aliphatic heterocycles. The summed E-state index contributed by atoms with van der Waals surface area (Å²) in [5.74, 6) is -1.51. The molecule has 1 fully saturated rings. The molecule has 37 heavy (non-hydrogen) atoms. The van der Waals surface area contributed by atoms with Crippen LogP contribution in [-0.2, 0) is 15.8 Å². The van der Waals surface area contributed by atoms with Gasteiger partial charge in [-0.2, -0.15) is 13.2 Å². The molecule has 7 nitrogen and oxygen atoms in total. The predicted molar refractivity (Wildman–Crippen MR) is 129 cm³/mol. The Labute approximate surface area is 210 Å². The highest BCUT2D eigenvalue weighted by molar-refractivity contribution is 6.51. The zero-order valence-electron chi connectivity index (χ0n) is 20.0. The van der Waals surface area contributed by atoms with Crippen LogP contribution in [0.3, 0.4) is 0 Å². The first-order valence-corrected chi connectivity index (χ1v) is 10.9. The van der Waals surface area contributed by atoms with Crippen molar-refractivity contribution in [3.8, 4) is 17.2 Å². The number of ether oxygens (including phenoxy) is 3. The number of aliphatic hydroxyl groups excluding tert-OH is 1. The fourth-order valence-corrected chi connectivity index (χ4v) is 4.17. The molecule has 1 N–H and O–H groups in total. The number of carbonyl (C=O) groups excluding carboxylic acids is 2. The van der Waals surface area contributed by atoms with Gasteiger partial charge in [0, 0.05) is 11.3 Å². The Bertz CT molecular complexity index is 1380. The van der Waals surface area contributed by atoms with E-state index < -0.39 is 35.2 Å². The maximum Gasteiger partial charge on any atom is 0.416 e. The first-order valence-electron chi connectivity index (χ1n) is 10.9. The number of hydrogen-bond donors (Lipinski definition) is 1. The van der Waals surface area contributed by atoms with Crippen molar-refractivity contribution in [1.82, 2.24) is 0 Å². The lowest BCUT2D eigenvalue weighted by atomic mass is 9.94. The Balaban J connectivity index is 1.96.